The molecule has 2 unspecified atom stereocenters. The van der Waals surface area contributed by atoms with Gasteiger partial charge in [-0.3, -0.25) is 14.5 Å². The summed E-state index contributed by atoms with van der Waals surface area (Å²) < 4.78 is 34.6. The van der Waals surface area contributed by atoms with Crippen LogP contribution in [0.25, 0.3) is 11.1 Å². The summed E-state index contributed by atoms with van der Waals surface area (Å²) in [6.45, 7) is 4.08. The van der Waals surface area contributed by atoms with Crippen LogP contribution in [0.5, 0.6) is 0 Å². The molecule has 0 amide bonds. The first kappa shape index (κ1) is 18.5. The molecule has 8 nitrogen and oxygen atoms in total. The number of hydrogen-bond acceptors (Lipinski definition) is 6. The molecule has 152 valence electrons. The number of nitrogens with zero attached hydrogens (tertiary/aromatic N) is 4. The maximum Gasteiger partial charge on any atom is 0.419 e. The number of aromatic nitrogens is 2. The minimum Gasteiger partial charge on any atom is -0.408 e. The molecule has 3 saturated heterocycles. The summed E-state index contributed by atoms with van der Waals surface area (Å²) in [7, 11) is -2.06. The summed E-state index contributed by atoms with van der Waals surface area (Å²) in [5.74, 6) is -0.504. The number of rotatable bonds is 4. The van der Waals surface area contributed by atoms with Gasteiger partial charge < -0.3 is 4.42 Å². The predicted molar refractivity (Wildman–Crippen MR) is 107 cm³/mol. The van der Waals surface area contributed by atoms with Crippen LogP contribution in [-0.4, -0.2) is 52.3 Å². The van der Waals surface area contributed by atoms with Crippen LogP contribution < -0.4 is 5.76 Å². The van der Waals surface area contributed by atoms with E-state index >= 15 is 0 Å². The van der Waals surface area contributed by atoms with E-state index < -0.39 is 15.8 Å². The van der Waals surface area contributed by atoms with Crippen molar-refractivity contribution in [1.29, 1.82) is 0 Å². The summed E-state index contributed by atoms with van der Waals surface area (Å²) in [6, 6.07) is 10.5. The zero-order valence-electron chi connectivity index (χ0n) is 16.3. The maximum absolute atomic E-state index is 13.3. The fourth-order valence-electron chi connectivity index (χ4n) is 4.49. The second-order valence-electron chi connectivity index (χ2n) is 7.90. The van der Waals surface area contributed by atoms with Crippen LogP contribution in [0.1, 0.15) is 17.8 Å². The Morgan fingerprint density at radius 2 is 1.93 bits per heavy atom. The molecule has 3 aromatic rings. The molecule has 0 aliphatic carbocycles. The zero-order valence-corrected chi connectivity index (χ0v) is 17.1. The molecule has 0 saturated carbocycles. The van der Waals surface area contributed by atoms with Gasteiger partial charge in [-0.05, 0) is 43.7 Å². The fraction of sp³-hybridized carbons (Fsp3) is 0.400. The smallest absolute Gasteiger partial charge is 0.408 e. The van der Waals surface area contributed by atoms with E-state index in [2.05, 4.69) is 9.88 Å². The number of hydrogen-bond donors (Lipinski definition) is 0. The van der Waals surface area contributed by atoms with Crippen molar-refractivity contribution < 1.29 is 12.8 Å². The lowest BCUT2D eigenvalue weighted by molar-refractivity contribution is -0.0108. The first-order chi connectivity index (χ1) is 13.8. The van der Waals surface area contributed by atoms with Crippen molar-refractivity contribution in [2.45, 2.75) is 36.9 Å². The number of sulfonamides is 1. The number of oxazole rings is 1. The second-order valence-corrected chi connectivity index (χ2v) is 9.74. The Bertz CT molecular complexity index is 1250. The molecule has 2 bridgehead atoms. The van der Waals surface area contributed by atoms with E-state index in [0.29, 0.717) is 24.2 Å². The Labute approximate surface area is 168 Å². The van der Waals surface area contributed by atoms with Crippen molar-refractivity contribution >= 4 is 21.1 Å². The molecule has 2 aromatic heterocycles. The second kappa shape index (κ2) is 6.51. The van der Waals surface area contributed by atoms with Crippen molar-refractivity contribution in [2.24, 2.45) is 7.05 Å². The summed E-state index contributed by atoms with van der Waals surface area (Å²) in [5.41, 5.74) is 2.86. The molecule has 0 spiro atoms. The third-order valence-corrected chi connectivity index (χ3v) is 7.87. The molecule has 3 fully saturated rings. The van der Waals surface area contributed by atoms with Gasteiger partial charge in [0, 0.05) is 44.5 Å². The van der Waals surface area contributed by atoms with Gasteiger partial charge in [-0.1, -0.05) is 6.07 Å². The number of fused-ring (bicyclic) bond motifs is 3. The molecular weight excluding hydrogens is 392 g/mol. The maximum atomic E-state index is 13.3. The van der Waals surface area contributed by atoms with Crippen LogP contribution in [-0.2, 0) is 23.6 Å². The highest BCUT2D eigenvalue weighted by molar-refractivity contribution is 7.89. The molecular formula is C20H22N4O4S. The third-order valence-electron chi connectivity index (χ3n) is 5.87. The Kier molecular flexibility index (Phi) is 4.16. The molecule has 3 aliphatic heterocycles. The van der Waals surface area contributed by atoms with Gasteiger partial charge in [-0.2, -0.15) is 4.31 Å². The molecule has 6 rings (SSSR count). The minimum absolute atomic E-state index is 0.0348. The predicted octanol–water partition coefficient (Wildman–Crippen LogP) is 1.48. The van der Waals surface area contributed by atoms with Crippen LogP contribution in [0.3, 0.4) is 0 Å². The first-order valence-corrected chi connectivity index (χ1v) is 11.0. The first-order valence-electron chi connectivity index (χ1n) is 9.61. The van der Waals surface area contributed by atoms with E-state index in [1.807, 2.05) is 25.1 Å². The standard InChI is InChI=1S/C20H22N4O4S/c1-13-4-3-5-14(21-13)10-23-11-15-8-16(12-23)24(15)29(26,27)17-6-7-19-18(9-17)22(2)20(25)28-19/h3-7,9,15-16H,8,10-12H2,1-2H3. The summed E-state index contributed by atoms with van der Waals surface area (Å²) in [4.78, 5) is 18.7. The monoisotopic (exact) mass is 414 g/mol. The normalized spacial score (nSPS) is 22.7. The molecule has 5 heterocycles. The van der Waals surface area contributed by atoms with Crippen molar-refractivity contribution in [3.8, 4) is 0 Å². The van der Waals surface area contributed by atoms with Crippen LogP contribution in [0.15, 0.2) is 50.5 Å². The number of benzene rings is 1. The van der Waals surface area contributed by atoms with Crippen molar-refractivity contribution in [3.05, 3.63) is 58.3 Å². The van der Waals surface area contributed by atoms with E-state index in [1.165, 1.54) is 16.7 Å². The lowest BCUT2D eigenvalue weighted by Crippen LogP contribution is -2.69. The zero-order chi connectivity index (χ0) is 20.3. The molecule has 2 atom stereocenters. The van der Waals surface area contributed by atoms with Gasteiger partial charge in [0.05, 0.1) is 16.1 Å². The summed E-state index contributed by atoms with van der Waals surface area (Å²) in [5, 5.41) is 0. The lowest BCUT2D eigenvalue weighted by Gasteiger charge is -2.55. The van der Waals surface area contributed by atoms with Crippen molar-refractivity contribution in [1.82, 2.24) is 18.8 Å². The largest absolute Gasteiger partial charge is 0.419 e. The van der Waals surface area contributed by atoms with Gasteiger partial charge in [0.25, 0.3) is 0 Å². The lowest BCUT2D eigenvalue weighted by atomic mass is 9.91. The van der Waals surface area contributed by atoms with Crippen LogP contribution >= 0.6 is 0 Å². The van der Waals surface area contributed by atoms with Crippen LogP contribution in [0.2, 0.25) is 0 Å². The average molecular weight is 414 g/mol. The van der Waals surface area contributed by atoms with Crippen molar-refractivity contribution in [2.75, 3.05) is 13.1 Å². The molecule has 0 radical (unpaired) electrons. The Balaban J connectivity index is 1.37. The molecule has 29 heavy (non-hydrogen) atoms. The topological polar surface area (TPSA) is 88.7 Å². The van der Waals surface area contributed by atoms with E-state index in [9.17, 15) is 13.2 Å². The minimum atomic E-state index is -3.63. The van der Waals surface area contributed by atoms with Gasteiger partial charge in [-0.15, -0.1) is 0 Å². The fourth-order valence-corrected chi connectivity index (χ4v) is 6.32. The van der Waals surface area contributed by atoms with E-state index in [1.54, 1.807) is 17.4 Å². The van der Waals surface area contributed by atoms with Gasteiger partial charge in [0.1, 0.15) is 0 Å². The summed E-state index contributed by atoms with van der Waals surface area (Å²) in [6.07, 6.45) is 0.878. The number of pyridine rings is 1. The molecule has 0 N–H and O–H groups in total. The third kappa shape index (κ3) is 3.00. The number of piperidine rings is 1. The van der Waals surface area contributed by atoms with Gasteiger partial charge >= 0.3 is 5.76 Å². The molecule has 9 heteroatoms. The van der Waals surface area contributed by atoms with E-state index in [0.717, 1.165) is 24.4 Å². The number of aryl methyl sites for hydroxylation is 2. The highest BCUT2D eigenvalue weighted by Gasteiger charge is 2.51. The highest BCUT2D eigenvalue weighted by atomic mass is 32.2. The molecule has 3 aliphatic rings. The quantitative estimate of drug-likeness (QED) is 0.643. The number of piperazine rings is 1. The van der Waals surface area contributed by atoms with Crippen LogP contribution in [0, 0.1) is 6.92 Å². The SMILES string of the molecule is Cc1cccc(CN2CC3CC(C2)N3S(=O)(=O)c2ccc3oc(=O)n(C)c3c2)n1. The Morgan fingerprint density at radius 1 is 1.17 bits per heavy atom. The molecule has 1 aromatic carbocycles. The highest BCUT2D eigenvalue weighted by Crippen LogP contribution is 2.38. The van der Waals surface area contributed by atoms with E-state index in [4.69, 9.17) is 4.42 Å². The van der Waals surface area contributed by atoms with Gasteiger partial charge in [-0.25, -0.2) is 13.2 Å². The Hall–Kier alpha value is -2.49. The summed E-state index contributed by atoms with van der Waals surface area (Å²) >= 11 is 0. The van der Waals surface area contributed by atoms with Crippen molar-refractivity contribution in [3.63, 3.8) is 0 Å². The van der Waals surface area contributed by atoms with E-state index in [-0.39, 0.29) is 17.0 Å². The van der Waals surface area contributed by atoms with Gasteiger partial charge in [0.15, 0.2) is 5.58 Å². The van der Waals surface area contributed by atoms with Crippen LogP contribution in [0.4, 0.5) is 0 Å². The Morgan fingerprint density at radius 3 is 2.66 bits per heavy atom. The average Bonchev–Trinajstić information content (AvgIpc) is 2.95. The van der Waals surface area contributed by atoms with Gasteiger partial charge in [0.2, 0.25) is 10.0 Å².